The number of benzene rings is 2. The van der Waals surface area contributed by atoms with Gasteiger partial charge in [-0.05, 0) is 52.9 Å². The maximum atomic E-state index is 13.4. The number of nitrogens with zero attached hydrogens (tertiary/aromatic N) is 2. The third-order valence-corrected chi connectivity index (χ3v) is 8.12. The Balaban J connectivity index is 1.62. The van der Waals surface area contributed by atoms with E-state index in [0.29, 0.717) is 22.3 Å². The van der Waals surface area contributed by atoms with Crippen molar-refractivity contribution in [2.75, 3.05) is 17.5 Å². The molecule has 5 rings (SSSR count). The van der Waals surface area contributed by atoms with Gasteiger partial charge < -0.3 is 4.74 Å². The molecule has 0 saturated carbocycles. The van der Waals surface area contributed by atoms with Crippen molar-refractivity contribution in [2.45, 2.75) is 4.21 Å². The van der Waals surface area contributed by atoms with Gasteiger partial charge >= 0.3 is 0 Å². The molecule has 0 saturated heterocycles. The highest BCUT2D eigenvalue weighted by atomic mass is 32.2. The summed E-state index contributed by atoms with van der Waals surface area (Å²) in [6.07, 6.45) is 3.44. The monoisotopic (exact) mass is 408 g/mol. The summed E-state index contributed by atoms with van der Waals surface area (Å²) >= 11 is 1.29. The number of sulfonamides is 1. The molecular formula is C21H16N2O3S2. The van der Waals surface area contributed by atoms with Gasteiger partial charge in [0.05, 0.1) is 12.2 Å². The highest BCUT2D eigenvalue weighted by molar-refractivity contribution is 7.95. The van der Waals surface area contributed by atoms with Crippen molar-refractivity contribution in [1.82, 2.24) is 4.98 Å². The van der Waals surface area contributed by atoms with Gasteiger partial charge in [-0.1, -0.05) is 24.3 Å². The fourth-order valence-electron chi connectivity index (χ4n) is 3.36. The van der Waals surface area contributed by atoms with Gasteiger partial charge in [0.2, 0.25) is 0 Å². The van der Waals surface area contributed by atoms with Crippen LogP contribution in [0.15, 0.2) is 77.3 Å². The molecule has 1 aliphatic rings. The molecule has 5 nitrogen and oxygen atoms in total. The van der Waals surface area contributed by atoms with Crippen molar-refractivity contribution in [1.29, 1.82) is 0 Å². The number of hydrogen-bond acceptors (Lipinski definition) is 5. The number of pyridine rings is 1. The van der Waals surface area contributed by atoms with E-state index in [-0.39, 0.29) is 6.54 Å². The molecule has 0 fully saturated rings. The summed E-state index contributed by atoms with van der Waals surface area (Å²) in [5.74, 6) is 0.578. The zero-order valence-corrected chi connectivity index (χ0v) is 16.4. The smallest absolute Gasteiger partial charge is 0.274 e. The van der Waals surface area contributed by atoms with Gasteiger partial charge in [0, 0.05) is 17.1 Å². The van der Waals surface area contributed by atoms with E-state index in [9.17, 15) is 8.42 Å². The molecule has 7 heteroatoms. The van der Waals surface area contributed by atoms with E-state index in [0.717, 1.165) is 21.2 Å². The second-order valence-electron chi connectivity index (χ2n) is 6.45. The summed E-state index contributed by atoms with van der Waals surface area (Å²) in [6, 6.07) is 18.9. The quantitative estimate of drug-likeness (QED) is 0.499. The molecule has 0 aliphatic carbocycles. The Morgan fingerprint density at radius 1 is 0.964 bits per heavy atom. The molecule has 1 aliphatic heterocycles. The highest BCUT2D eigenvalue weighted by Gasteiger charge is 2.31. The highest BCUT2D eigenvalue weighted by Crippen LogP contribution is 2.40. The molecule has 0 bridgehead atoms. The predicted octanol–water partition coefficient (Wildman–Crippen LogP) is 4.55. The SMILES string of the molecule is O=S(=O)(c1cc2ccccc2s1)N1CCOc2ccc(-c3ccncc3)cc21. The van der Waals surface area contributed by atoms with Crippen LogP contribution in [0.3, 0.4) is 0 Å². The lowest BCUT2D eigenvalue weighted by Crippen LogP contribution is -2.37. The molecule has 2 aromatic carbocycles. The Kier molecular flexibility index (Phi) is 4.07. The lowest BCUT2D eigenvalue weighted by atomic mass is 10.1. The summed E-state index contributed by atoms with van der Waals surface area (Å²) in [5.41, 5.74) is 2.46. The van der Waals surface area contributed by atoms with Crippen LogP contribution in [0, 0.1) is 0 Å². The Bertz CT molecular complexity index is 1230. The zero-order valence-electron chi connectivity index (χ0n) is 14.8. The summed E-state index contributed by atoms with van der Waals surface area (Å²) < 4.78 is 35.4. The first-order valence-electron chi connectivity index (χ1n) is 8.81. The number of thiophene rings is 1. The first-order chi connectivity index (χ1) is 13.6. The van der Waals surface area contributed by atoms with Crippen LogP contribution in [0.4, 0.5) is 5.69 Å². The molecule has 0 spiro atoms. The Morgan fingerprint density at radius 2 is 1.79 bits per heavy atom. The van der Waals surface area contributed by atoms with Gasteiger partial charge in [-0.15, -0.1) is 11.3 Å². The molecule has 0 N–H and O–H groups in total. The minimum Gasteiger partial charge on any atom is -0.489 e. The first kappa shape index (κ1) is 17.2. The van der Waals surface area contributed by atoms with Crippen molar-refractivity contribution in [3.63, 3.8) is 0 Å². The molecule has 4 aromatic rings. The predicted molar refractivity (Wildman–Crippen MR) is 112 cm³/mol. The summed E-state index contributed by atoms with van der Waals surface area (Å²) in [6.45, 7) is 0.606. The largest absolute Gasteiger partial charge is 0.489 e. The van der Waals surface area contributed by atoms with E-state index in [1.165, 1.54) is 15.6 Å². The van der Waals surface area contributed by atoms with Crippen LogP contribution in [-0.2, 0) is 10.0 Å². The van der Waals surface area contributed by atoms with E-state index in [2.05, 4.69) is 4.98 Å². The summed E-state index contributed by atoms with van der Waals surface area (Å²) in [7, 11) is -3.68. The Labute approximate surface area is 166 Å². The van der Waals surface area contributed by atoms with Gasteiger partial charge in [-0.3, -0.25) is 9.29 Å². The van der Waals surface area contributed by atoms with Gasteiger partial charge in [0.1, 0.15) is 16.6 Å². The van der Waals surface area contributed by atoms with Crippen LogP contribution < -0.4 is 9.04 Å². The molecule has 28 heavy (non-hydrogen) atoms. The van der Waals surface area contributed by atoms with Gasteiger partial charge in [0.15, 0.2) is 0 Å². The zero-order chi connectivity index (χ0) is 19.1. The standard InChI is InChI=1S/C21H16N2O3S2/c24-28(25,21-14-17-3-1-2-4-20(17)27-21)23-11-12-26-19-6-5-16(13-18(19)23)15-7-9-22-10-8-15/h1-10,13-14H,11-12H2. The molecule has 0 radical (unpaired) electrons. The maximum Gasteiger partial charge on any atom is 0.274 e. The van der Waals surface area contributed by atoms with Crippen LogP contribution in [0.2, 0.25) is 0 Å². The number of aromatic nitrogens is 1. The van der Waals surface area contributed by atoms with Crippen LogP contribution in [0.5, 0.6) is 5.75 Å². The molecule has 0 amide bonds. The lowest BCUT2D eigenvalue weighted by molar-refractivity contribution is 0.316. The van der Waals surface area contributed by atoms with Crippen molar-refractivity contribution >= 4 is 37.1 Å². The number of anilines is 1. The van der Waals surface area contributed by atoms with Gasteiger partial charge in [0.25, 0.3) is 10.0 Å². The van der Waals surface area contributed by atoms with E-state index < -0.39 is 10.0 Å². The topological polar surface area (TPSA) is 59.5 Å². The average molecular weight is 409 g/mol. The molecular weight excluding hydrogens is 392 g/mol. The van der Waals surface area contributed by atoms with Crippen molar-refractivity contribution in [3.8, 4) is 16.9 Å². The van der Waals surface area contributed by atoms with Gasteiger partial charge in [-0.25, -0.2) is 8.42 Å². The molecule has 3 heterocycles. The van der Waals surface area contributed by atoms with Crippen LogP contribution in [0.1, 0.15) is 0 Å². The normalized spacial score (nSPS) is 13.9. The maximum absolute atomic E-state index is 13.4. The van der Waals surface area contributed by atoms with Gasteiger partial charge in [-0.2, -0.15) is 0 Å². The fourth-order valence-corrected chi connectivity index (χ4v) is 6.32. The third-order valence-electron chi connectivity index (χ3n) is 4.74. The summed E-state index contributed by atoms with van der Waals surface area (Å²) in [4.78, 5) is 4.04. The Hall–Kier alpha value is -2.90. The van der Waals surface area contributed by atoms with E-state index in [1.807, 2.05) is 54.6 Å². The second-order valence-corrected chi connectivity index (χ2v) is 9.62. The fraction of sp³-hybridized carbons (Fsp3) is 0.0952. The molecule has 0 unspecified atom stereocenters. The van der Waals surface area contributed by atoms with Crippen molar-refractivity contribution in [3.05, 3.63) is 73.1 Å². The van der Waals surface area contributed by atoms with Crippen LogP contribution in [-0.4, -0.2) is 26.6 Å². The van der Waals surface area contributed by atoms with E-state index in [4.69, 9.17) is 4.74 Å². The molecule has 140 valence electrons. The number of rotatable bonds is 3. The third kappa shape index (κ3) is 2.83. The average Bonchev–Trinajstić information content (AvgIpc) is 3.19. The molecule has 2 aromatic heterocycles. The molecule has 0 atom stereocenters. The summed E-state index contributed by atoms with van der Waals surface area (Å²) in [5, 5.41) is 0.935. The minimum absolute atomic E-state index is 0.281. The minimum atomic E-state index is -3.68. The second kappa shape index (κ2) is 6.61. The number of hydrogen-bond donors (Lipinski definition) is 0. The van der Waals surface area contributed by atoms with Crippen LogP contribution in [0.25, 0.3) is 21.2 Å². The number of ether oxygens (including phenoxy) is 1. The Morgan fingerprint density at radius 3 is 2.61 bits per heavy atom. The first-order valence-corrected chi connectivity index (χ1v) is 11.1. The van der Waals surface area contributed by atoms with Crippen molar-refractivity contribution in [2.24, 2.45) is 0 Å². The van der Waals surface area contributed by atoms with Crippen molar-refractivity contribution < 1.29 is 13.2 Å². The van der Waals surface area contributed by atoms with E-state index in [1.54, 1.807) is 18.5 Å². The lowest BCUT2D eigenvalue weighted by Gasteiger charge is -2.30. The van der Waals surface area contributed by atoms with E-state index >= 15 is 0 Å². The number of fused-ring (bicyclic) bond motifs is 2. The van der Waals surface area contributed by atoms with Crippen LogP contribution >= 0.6 is 11.3 Å².